The Hall–Kier alpha value is -3.00. The standard InChI is InChI=1S/C20H21N5O2S/c1-5-8-25-17(6-7-21-25)23-19(26)15-10-16(14-9-11(2)28-13(14)4)22-20-18(15)12(3)24-27-20/h6-7,9-10H,5,8H2,1-4H3,(H,23,26). The quantitative estimate of drug-likeness (QED) is 0.528. The van der Waals surface area contributed by atoms with Gasteiger partial charge in [0.1, 0.15) is 5.82 Å². The van der Waals surface area contributed by atoms with E-state index in [1.54, 1.807) is 28.3 Å². The minimum absolute atomic E-state index is 0.234. The Morgan fingerprint density at radius 2 is 2.11 bits per heavy atom. The summed E-state index contributed by atoms with van der Waals surface area (Å²) in [5.41, 5.74) is 3.21. The zero-order valence-corrected chi connectivity index (χ0v) is 17.1. The van der Waals surface area contributed by atoms with Gasteiger partial charge in [-0.2, -0.15) is 5.10 Å². The summed E-state index contributed by atoms with van der Waals surface area (Å²) in [6, 6.07) is 5.69. The molecule has 0 bridgehead atoms. The molecule has 8 heteroatoms. The summed E-state index contributed by atoms with van der Waals surface area (Å²) in [6.45, 7) is 8.72. The van der Waals surface area contributed by atoms with Crippen molar-refractivity contribution in [1.82, 2.24) is 19.9 Å². The number of hydrogen-bond donors (Lipinski definition) is 1. The van der Waals surface area contributed by atoms with Crippen LogP contribution in [0.3, 0.4) is 0 Å². The number of carbonyl (C=O) groups is 1. The number of anilines is 1. The molecular weight excluding hydrogens is 374 g/mol. The average Bonchev–Trinajstić information content (AvgIpc) is 3.34. The first-order valence-electron chi connectivity index (χ1n) is 9.15. The Labute approximate surface area is 166 Å². The number of rotatable bonds is 5. The van der Waals surface area contributed by atoms with Gasteiger partial charge in [-0.1, -0.05) is 12.1 Å². The van der Waals surface area contributed by atoms with Gasteiger partial charge in [-0.3, -0.25) is 4.79 Å². The van der Waals surface area contributed by atoms with Gasteiger partial charge < -0.3 is 9.84 Å². The van der Waals surface area contributed by atoms with Crippen molar-refractivity contribution in [3.05, 3.63) is 45.4 Å². The van der Waals surface area contributed by atoms with Gasteiger partial charge in [0, 0.05) is 27.9 Å². The summed E-state index contributed by atoms with van der Waals surface area (Å²) in [5.74, 6) is 0.428. The highest BCUT2D eigenvalue weighted by molar-refractivity contribution is 7.12. The smallest absolute Gasteiger partial charge is 0.259 e. The fourth-order valence-corrected chi connectivity index (χ4v) is 4.24. The molecule has 4 heterocycles. The molecule has 0 saturated carbocycles. The van der Waals surface area contributed by atoms with E-state index in [4.69, 9.17) is 4.52 Å². The molecule has 0 aliphatic rings. The van der Waals surface area contributed by atoms with Gasteiger partial charge >= 0.3 is 0 Å². The third-order valence-corrected chi connectivity index (χ3v) is 5.54. The predicted octanol–water partition coefficient (Wildman–Crippen LogP) is 4.74. The number of fused-ring (bicyclic) bond motifs is 1. The van der Waals surface area contributed by atoms with Crippen molar-refractivity contribution in [1.29, 1.82) is 0 Å². The van der Waals surface area contributed by atoms with Crippen LogP contribution in [0.15, 0.2) is 28.9 Å². The first-order valence-corrected chi connectivity index (χ1v) is 9.97. The number of aryl methyl sites for hydroxylation is 4. The van der Waals surface area contributed by atoms with E-state index in [-0.39, 0.29) is 5.91 Å². The summed E-state index contributed by atoms with van der Waals surface area (Å²) in [4.78, 5) is 20.1. The largest absolute Gasteiger partial charge is 0.335 e. The summed E-state index contributed by atoms with van der Waals surface area (Å²) < 4.78 is 7.17. The van der Waals surface area contributed by atoms with Gasteiger partial charge in [-0.15, -0.1) is 11.3 Å². The Bertz CT molecular complexity index is 1170. The molecule has 1 amide bonds. The van der Waals surface area contributed by atoms with Crippen molar-refractivity contribution >= 4 is 34.2 Å². The van der Waals surface area contributed by atoms with Crippen LogP contribution >= 0.6 is 11.3 Å². The van der Waals surface area contributed by atoms with Gasteiger partial charge in [-0.25, -0.2) is 9.67 Å². The maximum Gasteiger partial charge on any atom is 0.259 e. The molecule has 144 valence electrons. The average molecular weight is 395 g/mol. The van der Waals surface area contributed by atoms with Gasteiger partial charge in [-0.05, 0) is 39.3 Å². The fourth-order valence-electron chi connectivity index (χ4n) is 3.31. The van der Waals surface area contributed by atoms with Crippen LogP contribution in [0.25, 0.3) is 22.4 Å². The Kier molecular flexibility index (Phi) is 4.72. The molecule has 1 N–H and O–H groups in total. The van der Waals surface area contributed by atoms with E-state index in [1.807, 2.05) is 19.9 Å². The van der Waals surface area contributed by atoms with Crippen molar-refractivity contribution < 1.29 is 9.32 Å². The van der Waals surface area contributed by atoms with Crippen molar-refractivity contribution in [2.24, 2.45) is 0 Å². The summed E-state index contributed by atoms with van der Waals surface area (Å²) in [7, 11) is 0. The monoisotopic (exact) mass is 395 g/mol. The lowest BCUT2D eigenvalue weighted by atomic mass is 10.1. The zero-order valence-electron chi connectivity index (χ0n) is 16.2. The molecule has 7 nitrogen and oxygen atoms in total. The minimum atomic E-state index is -0.234. The molecule has 4 aromatic heterocycles. The molecule has 0 spiro atoms. The SMILES string of the molecule is CCCn1nccc1NC(=O)c1cc(-c2cc(C)sc2C)nc2onc(C)c12. The van der Waals surface area contributed by atoms with E-state index in [9.17, 15) is 4.79 Å². The maximum absolute atomic E-state index is 13.2. The van der Waals surface area contributed by atoms with Crippen LogP contribution in [0.5, 0.6) is 0 Å². The molecule has 4 rings (SSSR count). The van der Waals surface area contributed by atoms with Crippen LogP contribution < -0.4 is 5.32 Å². The van der Waals surface area contributed by atoms with Crippen LogP contribution in [-0.4, -0.2) is 25.8 Å². The summed E-state index contributed by atoms with van der Waals surface area (Å²) >= 11 is 1.70. The first-order chi connectivity index (χ1) is 13.5. The van der Waals surface area contributed by atoms with Crippen molar-refractivity contribution in [3.63, 3.8) is 0 Å². The van der Waals surface area contributed by atoms with Crippen molar-refractivity contribution in [2.45, 2.75) is 40.7 Å². The minimum Gasteiger partial charge on any atom is -0.335 e. The van der Waals surface area contributed by atoms with E-state index in [1.165, 1.54) is 4.88 Å². The van der Waals surface area contributed by atoms with Gasteiger partial charge in [0.05, 0.1) is 28.5 Å². The molecule has 0 aliphatic carbocycles. The lowest BCUT2D eigenvalue weighted by Crippen LogP contribution is -2.16. The first kappa shape index (κ1) is 18.4. The molecule has 0 atom stereocenters. The zero-order chi connectivity index (χ0) is 19.8. The van der Waals surface area contributed by atoms with E-state index in [2.05, 4.69) is 40.5 Å². The fraction of sp³-hybridized carbons (Fsp3) is 0.300. The third-order valence-electron chi connectivity index (χ3n) is 4.57. The Morgan fingerprint density at radius 3 is 2.82 bits per heavy atom. The molecule has 4 aromatic rings. The second-order valence-corrected chi connectivity index (χ2v) is 8.18. The molecule has 0 saturated heterocycles. The molecule has 28 heavy (non-hydrogen) atoms. The lowest BCUT2D eigenvalue weighted by molar-refractivity contribution is 0.102. The highest BCUT2D eigenvalue weighted by Crippen LogP contribution is 2.33. The number of pyridine rings is 1. The van der Waals surface area contributed by atoms with Crippen LogP contribution in [0.4, 0.5) is 5.82 Å². The number of nitrogens with one attached hydrogen (secondary N) is 1. The number of amides is 1. The molecule has 0 unspecified atom stereocenters. The molecular formula is C20H21N5O2S. The number of aromatic nitrogens is 4. The third kappa shape index (κ3) is 3.20. The van der Waals surface area contributed by atoms with Gasteiger partial charge in [0.2, 0.25) is 0 Å². The Morgan fingerprint density at radius 1 is 1.29 bits per heavy atom. The molecule has 0 fully saturated rings. The van der Waals surface area contributed by atoms with E-state index in [0.717, 1.165) is 23.4 Å². The molecule has 0 aromatic carbocycles. The number of hydrogen-bond acceptors (Lipinski definition) is 6. The lowest BCUT2D eigenvalue weighted by Gasteiger charge is -2.10. The number of nitrogens with zero attached hydrogens (tertiary/aromatic N) is 4. The van der Waals surface area contributed by atoms with Crippen LogP contribution in [0, 0.1) is 20.8 Å². The summed E-state index contributed by atoms with van der Waals surface area (Å²) in [5, 5.41) is 11.9. The second-order valence-electron chi connectivity index (χ2n) is 6.72. The topological polar surface area (TPSA) is 85.8 Å². The second kappa shape index (κ2) is 7.20. The predicted molar refractivity (Wildman–Crippen MR) is 110 cm³/mol. The van der Waals surface area contributed by atoms with E-state index < -0.39 is 0 Å². The summed E-state index contributed by atoms with van der Waals surface area (Å²) in [6.07, 6.45) is 2.61. The molecule has 0 aliphatic heterocycles. The van der Waals surface area contributed by atoms with Crippen LogP contribution in [0.2, 0.25) is 0 Å². The number of thiophene rings is 1. The van der Waals surface area contributed by atoms with Gasteiger partial charge in [0.25, 0.3) is 11.6 Å². The Balaban J connectivity index is 1.80. The van der Waals surface area contributed by atoms with Gasteiger partial charge in [0.15, 0.2) is 0 Å². The van der Waals surface area contributed by atoms with E-state index >= 15 is 0 Å². The van der Waals surface area contributed by atoms with Crippen molar-refractivity contribution in [2.75, 3.05) is 5.32 Å². The highest BCUT2D eigenvalue weighted by Gasteiger charge is 2.21. The van der Waals surface area contributed by atoms with Crippen molar-refractivity contribution in [3.8, 4) is 11.3 Å². The number of carbonyl (C=O) groups excluding carboxylic acids is 1. The molecule has 0 radical (unpaired) electrons. The normalized spacial score (nSPS) is 11.3. The van der Waals surface area contributed by atoms with E-state index in [0.29, 0.717) is 33.9 Å². The van der Waals surface area contributed by atoms with Crippen LogP contribution in [0.1, 0.15) is 39.2 Å². The van der Waals surface area contributed by atoms with Crippen LogP contribution in [-0.2, 0) is 6.54 Å². The highest BCUT2D eigenvalue weighted by atomic mass is 32.1. The maximum atomic E-state index is 13.2.